The second kappa shape index (κ2) is 7.28. The van der Waals surface area contributed by atoms with Gasteiger partial charge in [0.25, 0.3) is 0 Å². The van der Waals surface area contributed by atoms with Crippen molar-refractivity contribution in [1.82, 2.24) is 15.3 Å². The van der Waals surface area contributed by atoms with Crippen molar-refractivity contribution < 1.29 is 9.53 Å². The zero-order valence-electron chi connectivity index (χ0n) is 11.9. The van der Waals surface area contributed by atoms with Crippen LogP contribution in [0.25, 0.3) is 0 Å². The van der Waals surface area contributed by atoms with Crippen molar-refractivity contribution >= 4 is 34.8 Å². The first-order valence-electron chi connectivity index (χ1n) is 6.72. The van der Waals surface area contributed by atoms with Crippen molar-refractivity contribution in [2.75, 3.05) is 55.3 Å². The fraction of sp³-hybridized carbons (Fsp3) is 0.583. The fourth-order valence-corrected chi connectivity index (χ4v) is 2.17. The Morgan fingerprint density at radius 3 is 2.76 bits per heavy atom. The summed E-state index contributed by atoms with van der Waals surface area (Å²) in [7, 11) is 0. The average Bonchev–Trinajstić information content (AvgIpc) is 2.47. The van der Waals surface area contributed by atoms with Gasteiger partial charge in [0.05, 0.1) is 13.2 Å². The van der Waals surface area contributed by atoms with Crippen LogP contribution in [0.1, 0.15) is 6.92 Å². The van der Waals surface area contributed by atoms with Gasteiger partial charge >= 0.3 is 0 Å². The Balaban J connectivity index is 2.06. The van der Waals surface area contributed by atoms with Gasteiger partial charge in [-0.05, 0) is 11.6 Å². The van der Waals surface area contributed by atoms with Crippen LogP contribution in [0.15, 0.2) is 0 Å². The van der Waals surface area contributed by atoms with E-state index in [-0.39, 0.29) is 11.2 Å². The summed E-state index contributed by atoms with van der Waals surface area (Å²) >= 11 is 5.96. The molecule has 2 rings (SSSR count). The molecule has 1 aromatic heterocycles. The van der Waals surface area contributed by atoms with Gasteiger partial charge in [-0.2, -0.15) is 9.97 Å². The fourth-order valence-electron chi connectivity index (χ4n) is 2.00. The molecule has 1 aromatic rings. The van der Waals surface area contributed by atoms with E-state index < -0.39 is 0 Å². The number of hydrogen-bond acceptors (Lipinski definition) is 7. The number of nitrogen functional groups attached to an aromatic ring is 1. The quantitative estimate of drug-likeness (QED) is 0.522. The lowest BCUT2D eigenvalue weighted by Gasteiger charge is -2.29. The Hall–Kier alpha value is -1.80. The summed E-state index contributed by atoms with van der Waals surface area (Å²) in [4.78, 5) is 21.1. The standard InChI is InChI=1S/C12H19ClN6O2/c1-8(20)15-2-3-16-10-9(14)11(18-12(13)17-10)19-4-6-21-7-5-19/h2-7,14H2,1H3,(H,15,20)(H,16,17,18). The first-order chi connectivity index (χ1) is 10.1. The molecule has 0 atom stereocenters. The van der Waals surface area contributed by atoms with Crippen molar-refractivity contribution in [2.45, 2.75) is 6.92 Å². The third-order valence-electron chi connectivity index (χ3n) is 3.00. The van der Waals surface area contributed by atoms with Crippen LogP contribution in [-0.4, -0.2) is 55.3 Å². The summed E-state index contributed by atoms with van der Waals surface area (Å²) in [5.41, 5.74) is 6.56. The van der Waals surface area contributed by atoms with E-state index in [1.165, 1.54) is 6.92 Å². The van der Waals surface area contributed by atoms with Gasteiger partial charge in [-0.25, -0.2) is 0 Å². The summed E-state index contributed by atoms with van der Waals surface area (Å²) in [6, 6.07) is 0. The summed E-state index contributed by atoms with van der Waals surface area (Å²) in [6.45, 7) is 5.12. The molecule has 0 radical (unpaired) electrons. The number of anilines is 3. The predicted octanol–water partition coefficient (Wildman–Crippen LogP) is 0.0968. The molecule has 21 heavy (non-hydrogen) atoms. The molecule has 0 bridgehead atoms. The molecule has 1 aliphatic rings. The minimum atomic E-state index is -0.0838. The largest absolute Gasteiger partial charge is 0.393 e. The van der Waals surface area contributed by atoms with Gasteiger partial charge < -0.3 is 26.0 Å². The van der Waals surface area contributed by atoms with Crippen molar-refractivity contribution in [3.05, 3.63) is 5.28 Å². The molecule has 116 valence electrons. The molecule has 1 fully saturated rings. The lowest BCUT2D eigenvalue weighted by molar-refractivity contribution is -0.118. The van der Waals surface area contributed by atoms with E-state index >= 15 is 0 Å². The molecular weight excluding hydrogens is 296 g/mol. The molecule has 0 unspecified atom stereocenters. The van der Waals surface area contributed by atoms with E-state index in [9.17, 15) is 4.79 Å². The highest BCUT2D eigenvalue weighted by Gasteiger charge is 2.19. The third-order valence-corrected chi connectivity index (χ3v) is 3.17. The van der Waals surface area contributed by atoms with Crippen molar-refractivity contribution in [1.29, 1.82) is 0 Å². The van der Waals surface area contributed by atoms with Crippen molar-refractivity contribution in [2.24, 2.45) is 0 Å². The van der Waals surface area contributed by atoms with Gasteiger partial charge in [0.15, 0.2) is 11.6 Å². The maximum atomic E-state index is 10.8. The highest BCUT2D eigenvalue weighted by Crippen LogP contribution is 2.29. The summed E-state index contributed by atoms with van der Waals surface area (Å²) in [5.74, 6) is 1.00. The number of amides is 1. The maximum absolute atomic E-state index is 10.8. The molecule has 1 aliphatic heterocycles. The highest BCUT2D eigenvalue weighted by molar-refractivity contribution is 6.28. The Morgan fingerprint density at radius 1 is 1.38 bits per heavy atom. The van der Waals surface area contributed by atoms with Gasteiger partial charge in [-0.15, -0.1) is 0 Å². The minimum absolute atomic E-state index is 0.0838. The molecule has 0 aliphatic carbocycles. The smallest absolute Gasteiger partial charge is 0.226 e. The number of rotatable bonds is 5. The van der Waals surface area contributed by atoms with Crippen LogP contribution >= 0.6 is 11.6 Å². The number of nitrogens with one attached hydrogen (secondary N) is 2. The number of hydrogen-bond donors (Lipinski definition) is 3. The SMILES string of the molecule is CC(=O)NCCNc1nc(Cl)nc(N2CCOCC2)c1N. The van der Waals surface area contributed by atoms with E-state index in [4.69, 9.17) is 22.1 Å². The Bertz CT molecular complexity index is 507. The monoisotopic (exact) mass is 314 g/mol. The molecule has 0 saturated carbocycles. The molecule has 4 N–H and O–H groups in total. The van der Waals surface area contributed by atoms with Crippen LogP contribution in [-0.2, 0) is 9.53 Å². The molecule has 0 spiro atoms. The lowest BCUT2D eigenvalue weighted by Crippen LogP contribution is -2.37. The number of aromatic nitrogens is 2. The molecule has 9 heteroatoms. The highest BCUT2D eigenvalue weighted by atomic mass is 35.5. The molecule has 2 heterocycles. The van der Waals surface area contributed by atoms with Crippen molar-refractivity contribution in [3.63, 3.8) is 0 Å². The normalized spacial score (nSPS) is 14.9. The Morgan fingerprint density at radius 2 is 2.10 bits per heavy atom. The van der Waals surface area contributed by atoms with Crippen LogP contribution < -0.4 is 21.3 Å². The first kappa shape index (κ1) is 15.6. The molecule has 1 amide bonds. The average molecular weight is 315 g/mol. The van der Waals surface area contributed by atoms with E-state index in [0.717, 1.165) is 0 Å². The van der Waals surface area contributed by atoms with Gasteiger partial charge in [-0.1, -0.05) is 0 Å². The van der Waals surface area contributed by atoms with E-state index in [2.05, 4.69) is 20.6 Å². The second-order valence-corrected chi connectivity index (χ2v) is 4.93. The molecular formula is C12H19ClN6O2. The number of morpholine rings is 1. The molecule has 8 nitrogen and oxygen atoms in total. The van der Waals surface area contributed by atoms with Gasteiger partial charge in [0.2, 0.25) is 11.2 Å². The minimum Gasteiger partial charge on any atom is -0.393 e. The number of nitrogens with two attached hydrogens (primary N) is 1. The van der Waals surface area contributed by atoms with Crippen LogP contribution in [0.5, 0.6) is 0 Å². The van der Waals surface area contributed by atoms with Gasteiger partial charge in [0, 0.05) is 33.1 Å². The third kappa shape index (κ3) is 4.33. The topological polar surface area (TPSA) is 105 Å². The number of carbonyl (C=O) groups excluding carboxylic acids is 1. The number of nitrogens with zero attached hydrogens (tertiary/aromatic N) is 3. The molecule has 1 saturated heterocycles. The number of carbonyl (C=O) groups is 1. The zero-order chi connectivity index (χ0) is 15.2. The molecule has 0 aromatic carbocycles. The van der Waals surface area contributed by atoms with E-state index in [0.29, 0.717) is 56.7 Å². The van der Waals surface area contributed by atoms with Crippen LogP contribution in [0.3, 0.4) is 0 Å². The van der Waals surface area contributed by atoms with Crippen LogP contribution in [0.4, 0.5) is 17.3 Å². The van der Waals surface area contributed by atoms with E-state index in [1.807, 2.05) is 4.90 Å². The number of halogens is 1. The Labute approximate surface area is 128 Å². The zero-order valence-corrected chi connectivity index (χ0v) is 12.6. The van der Waals surface area contributed by atoms with E-state index in [1.54, 1.807) is 0 Å². The predicted molar refractivity (Wildman–Crippen MR) is 81.7 cm³/mol. The van der Waals surface area contributed by atoms with Crippen molar-refractivity contribution in [3.8, 4) is 0 Å². The first-order valence-corrected chi connectivity index (χ1v) is 7.09. The lowest BCUT2D eigenvalue weighted by atomic mass is 10.3. The second-order valence-electron chi connectivity index (χ2n) is 4.59. The number of ether oxygens (including phenoxy) is 1. The van der Waals surface area contributed by atoms with Gasteiger partial charge in [-0.3, -0.25) is 4.79 Å². The summed E-state index contributed by atoms with van der Waals surface area (Å²) in [5, 5.41) is 5.87. The van der Waals surface area contributed by atoms with Crippen LogP contribution in [0, 0.1) is 0 Å². The maximum Gasteiger partial charge on any atom is 0.226 e. The Kier molecular flexibility index (Phi) is 5.40. The summed E-state index contributed by atoms with van der Waals surface area (Å²) in [6.07, 6.45) is 0. The van der Waals surface area contributed by atoms with Gasteiger partial charge in [0.1, 0.15) is 5.69 Å². The van der Waals surface area contributed by atoms with Crippen LogP contribution in [0.2, 0.25) is 5.28 Å². The summed E-state index contributed by atoms with van der Waals surface area (Å²) < 4.78 is 5.31.